The fourth-order valence-corrected chi connectivity index (χ4v) is 6.33. The van der Waals surface area contributed by atoms with Crippen LogP contribution in [-0.2, 0) is 10.3 Å². The van der Waals surface area contributed by atoms with Crippen molar-refractivity contribution in [2.24, 2.45) is 17.3 Å². The fourth-order valence-electron chi connectivity index (χ4n) is 6.21. The van der Waals surface area contributed by atoms with Crippen LogP contribution in [0.4, 0.5) is 5.69 Å². The van der Waals surface area contributed by atoms with Crippen LogP contribution in [0.25, 0.3) is 0 Å². The lowest BCUT2D eigenvalue weighted by molar-refractivity contribution is -0.255. The average molecular weight is 400 g/mol. The van der Waals surface area contributed by atoms with Crippen molar-refractivity contribution in [3.63, 3.8) is 0 Å². The van der Waals surface area contributed by atoms with Crippen molar-refractivity contribution in [1.29, 1.82) is 0 Å². The fraction of sp³-hybridized carbons (Fsp3) is 0.500. The van der Waals surface area contributed by atoms with Crippen LogP contribution in [0.3, 0.4) is 0 Å². The number of aromatic carboxylic acids is 1. The summed E-state index contributed by atoms with van der Waals surface area (Å²) in [4.78, 5) is 28.6. The minimum atomic E-state index is -1.26. The molecule has 1 heterocycles. The number of carboxylic acids is 1. The Hall–Kier alpha value is -2.41. The van der Waals surface area contributed by atoms with Gasteiger partial charge in [-0.25, -0.2) is 9.67 Å². The van der Waals surface area contributed by atoms with Gasteiger partial charge in [-0.1, -0.05) is 12.1 Å². The molecule has 4 aliphatic rings. The number of anilines is 1. The molecule has 6 rings (SSSR count). The molecule has 4 fully saturated rings. The van der Waals surface area contributed by atoms with E-state index >= 15 is 0 Å². The van der Waals surface area contributed by atoms with Gasteiger partial charge < -0.3 is 15.2 Å². The minimum absolute atomic E-state index is 0.0346. The normalized spacial score (nSPS) is 33.0. The number of carboxylic acid groups (broad SMARTS) is 1. The second kappa shape index (κ2) is 6.04. The van der Waals surface area contributed by atoms with Crippen LogP contribution in [0.2, 0.25) is 5.28 Å². The molecule has 0 aliphatic heterocycles. The highest BCUT2D eigenvalue weighted by molar-refractivity contribution is 6.28. The van der Waals surface area contributed by atoms with Crippen LogP contribution in [0, 0.1) is 17.3 Å². The van der Waals surface area contributed by atoms with Gasteiger partial charge >= 0.3 is 0 Å². The Bertz CT molecular complexity index is 958. The van der Waals surface area contributed by atoms with E-state index in [4.69, 9.17) is 11.6 Å². The smallest absolute Gasteiger partial charge is 0.242 e. The first-order valence-electron chi connectivity index (χ1n) is 9.58. The van der Waals surface area contributed by atoms with Crippen molar-refractivity contribution in [2.45, 2.75) is 44.1 Å². The van der Waals surface area contributed by atoms with Gasteiger partial charge in [-0.05, 0) is 79.7 Å². The molecule has 28 heavy (non-hydrogen) atoms. The number of nitrogens with zero attached hydrogens (tertiary/aromatic N) is 3. The van der Waals surface area contributed by atoms with Gasteiger partial charge in [0.1, 0.15) is 6.33 Å². The zero-order valence-electron chi connectivity index (χ0n) is 15.2. The van der Waals surface area contributed by atoms with Crippen molar-refractivity contribution >= 4 is 29.2 Å². The molecule has 8 heteroatoms. The lowest BCUT2D eigenvalue weighted by atomic mass is 9.46. The molecule has 1 amide bonds. The molecule has 1 aromatic heterocycles. The number of carbonyl (C=O) groups excluding carboxylic acids is 2. The second-order valence-electron chi connectivity index (χ2n) is 8.75. The molecule has 2 unspecified atom stereocenters. The monoisotopic (exact) mass is 399 g/mol. The number of rotatable bonds is 4. The summed E-state index contributed by atoms with van der Waals surface area (Å²) in [6.45, 7) is 0. The molecule has 2 aromatic rings. The summed E-state index contributed by atoms with van der Waals surface area (Å²) in [5.41, 5.74) is -0.147. The maximum atomic E-state index is 13.4. The van der Waals surface area contributed by atoms with Crippen molar-refractivity contribution < 1.29 is 14.7 Å². The number of nitrogens with one attached hydrogen (secondary N) is 1. The number of carbonyl (C=O) groups is 2. The third kappa shape index (κ3) is 2.71. The quantitative estimate of drug-likeness (QED) is 0.849. The van der Waals surface area contributed by atoms with Gasteiger partial charge in [0, 0.05) is 5.69 Å². The Morgan fingerprint density at radius 1 is 1.21 bits per heavy atom. The van der Waals surface area contributed by atoms with Gasteiger partial charge in [-0.3, -0.25) is 4.79 Å². The number of hydrogen-bond donors (Lipinski definition) is 1. The molecule has 0 saturated heterocycles. The van der Waals surface area contributed by atoms with E-state index in [1.165, 1.54) is 12.1 Å². The lowest BCUT2D eigenvalue weighted by Gasteiger charge is -2.60. The van der Waals surface area contributed by atoms with E-state index in [0.29, 0.717) is 23.9 Å². The average Bonchev–Trinajstić information content (AvgIpc) is 3.08. The summed E-state index contributed by atoms with van der Waals surface area (Å²) in [5, 5.41) is 18.7. The Morgan fingerprint density at radius 3 is 2.61 bits per heavy atom. The third-order valence-electron chi connectivity index (χ3n) is 6.82. The Morgan fingerprint density at radius 2 is 1.96 bits per heavy atom. The maximum Gasteiger partial charge on any atom is 0.242 e. The molecule has 0 spiro atoms. The minimum Gasteiger partial charge on any atom is -0.545 e. The largest absolute Gasteiger partial charge is 0.545 e. The van der Waals surface area contributed by atoms with Gasteiger partial charge in [0.25, 0.3) is 0 Å². The van der Waals surface area contributed by atoms with Crippen LogP contribution in [0.15, 0.2) is 30.6 Å². The number of aromatic nitrogens is 3. The summed E-state index contributed by atoms with van der Waals surface area (Å²) in [6, 6.07) is 6.22. The lowest BCUT2D eigenvalue weighted by Crippen LogP contribution is -2.60. The number of amides is 1. The molecule has 4 saturated carbocycles. The van der Waals surface area contributed by atoms with E-state index in [9.17, 15) is 14.7 Å². The highest BCUT2D eigenvalue weighted by Gasteiger charge is 2.61. The van der Waals surface area contributed by atoms with E-state index in [1.807, 2.05) is 4.68 Å². The summed E-state index contributed by atoms with van der Waals surface area (Å²) >= 11 is 5.97. The van der Waals surface area contributed by atoms with Crippen LogP contribution in [0.1, 0.15) is 48.9 Å². The van der Waals surface area contributed by atoms with Gasteiger partial charge in [0.2, 0.25) is 11.2 Å². The molecule has 1 N–H and O–H groups in total. The van der Waals surface area contributed by atoms with Crippen LogP contribution >= 0.6 is 11.6 Å². The van der Waals surface area contributed by atoms with Crippen LogP contribution < -0.4 is 10.4 Å². The number of halogens is 1. The molecule has 7 nitrogen and oxygen atoms in total. The van der Waals surface area contributed by atoms with E-state index in [-0.39, 0.29) is 22.3 Å². The van der Waals surface area contributed by atoms with E-state index in [0.717, 1.165) is 32.1 Å². The Balaban J connectivity index is 1.45. The molecule has 4 aliphatic carbocycles. The standard InChI is InChI=1S/C20H21ClN4O3/c21-18-22-11-25(24-18)20-8-12-4-13(9-20)7-19(6-12,10-20)17(28)23-15-3-1-2-14(5-15)16(26)27/h1-3,5,11-13H,4,6-10H2,(H,23,28)(H,26,27)/p-1. The number of hydrogen-bond acceptors (Lipinski definition) is 5. The van der Waals surface area contributed by atoms with Gasteiger partial charge in [-0.15, -0.1) is 5.10 Å². The van der Waals surface area contributed by atoms with Gasteiger partial charge in [0.05, 0.1) is 16.9 Å². The van der Waals surface area contributed by atoms with Crippen LogP contribution in [0.5, 0.6) is 0 Å². The van der Waals surface area contributed by atoms with Crippen molar-refractivity contribution in [3.8, 4) is 0 Å². The molecule has 0 radical (unpaired) electrons. The highest BCUT2D eigenvalue weighted by atomic mass is 35.5. The van der Waals surface area contributed by atoms with E-state index in [2.05, 4.69) is 15.4 Å². The van der Waals surface area contributed by atoms with E-state index in [1.54, 1.807) is 18.5 Å². The molecular weight excluding hydrogens is 380 g/mol. The Kier molecular flexibility index (Phi) is 3.81. The van der Waals surface area contributed by atoms with Crippen LogP contribution in [-0.4, -0.2) is 26.6 Å². The topological polar surface area (TPSA) is 99.9 Å². The number of benzene rings is 1. The third-order valence-corrected chi connectivity index (χ3v) is 6.99. The van der Waals surface area contributed by atoms with Gasteiger partial charge in [0.15, 0.2) is 0 Å². The van der Waals surface area contributed by atoms with Crippen molar-refractivity contribution in [2.75, 3.05) is 5.32 Å². The first kappa shape index (κ1) is 17.7. The van der Waals surface area contributed by atoms with Crippen molar-refractivity contribution in [3.05, 3.63) is 41.4 Å². The van der Waals surface area contributed by atoms with Crippen molar-refractivity contribution in [1.82, 2.24) is 14.8 Å². The SMILES string of the molecule is O=C([O-])c1cccc(NC(=O)C23CC4CC(C2)CC(n2cnc(Cl)n2)(C4)C3)c1. The molecule has 4 bridgehead atoms. The molecule has 2 atom stereocenters. The first-order valence-corrected chi connectivity index (χ1v) is 9.96. The zero-order valence-corrected chi connectivity index (χ0v) is 16.0. The second-order valence-corrected chi connectivity index (χ2v) is 9.08. The predicted octanol–water partition coefficient (Wildman–Crippen LogP) is 2.23. The predicted molar refractivity (Wildman–Crippen MR) is 99.5 cm³/mol. The molecule has 1 aromatic carbocycles. The van der Waals surface area contributed by atoms with E-state index < -0.39 is 11.4 Å². The summed E-state index contributed by atoms with van der Waals surface area (Å²) < 4.78 is 1.88. The summed E-state index contributed by atoms with van der Waals surface area (Å²) in [6.07, 6.45) is 7.26. The van der Waals surface area contributed by atoms with Gasteiger partial charge in [-0.2, -0.15) is 0 Å². The zero-order chi connectivity index (χ0) is 19.5. The summed E-state index contributed by atoms with van der Waals surface area (Å²) in [7, 11) is 0. The Labute approximate surface area is 167 Å². The highest BCUT2D eigenvalue weighted by Crippen LogP contribution is 2.64. The first-order chi connectivity index (χ1) is 13.4. The molecule has 146 valence electrons. The maximum absolute atomic E-state index is 13.4. The summed E-state index contributed by atoms with van der Waals surface area (Å²) in [5.74, 6) is -0.338. The molecular formula is C20H20ClN4O3-.